The van der Waals surface area contributed by atoms with Crippen molar-refractivity contribution in [1.82, 2.24) is 4.90 Å². The van der Waals surface area contributed by atoms with Crippen molar-refractivity contribution in [1.29, 1.82) is 0 Å². The third-order valence-corrected chi connectivity index (χ3v) is 3.77. The molecule has 0 aromatic rings. The van der Waals surface area contributed by atoms with Crippen molar-refractivity contribution in [3.63, 3.8) is 0 Å². The Morgan fingerprint density at radius 3 is 2.65 bits per heavy atom. The standard InChI is InChI=1S/C12H20N2O2S/c1-8-10(5-7-16-8)12(15)14(9-2-3-9)6-4-11(13)17/h8-10H,2-7H2,1H3,(H2,13,17). The minimum atomic E-state index is 0.0296. The molecule has 0 aromatic carbocycles. The lowest BCUT2D eigenvalue weighted by Crippen LogP contribution is -2.41. The Bertz CT molecular complexity index is 318. The highest BCUT2D eigenvalue weighted by Gasteiger charge is 2.39. The minimum Gasteiger partial charge on any atom is -0.393 e. The van der Waals surface area contributed by atoms with E-state index in [-0.39, 0.29) is 17.9 Å². The predicted octanol–water partition coefficient (Wildman–Crippen LogP) is 1.08. The lowest BCUT2D eigenvalue weighted by Gasteiger charge is -2.26. The molecule has 1 aliphatic heterocycles. The smallest absolute Gasteiger partial charge is 0.228 e. The molecule has 2 fully saturated rings. The maximum absolute atomic E-state index is 12.4. The summed E-state index contributed by atoms with van der Waals surface area (Å²) in [4.78, 5) is 14.9. The molecule has 4 nitrogen and oxygen atoms in total. The van der Waals surface area contributed by atoms with Crippen LogP contribution in [-0.2, 0) is 9.53 Å². The van der Waals surface area contributed by atoms with Crippen molar-refractivity contribution in [2.75, 3.05) is 13.2 Å². The third-order valence-electron chi connectivity index (χ3n) is 3.56. The van der Waals surface area contributed by atoms with E-state index in [1.54, 1.807) is 0 Å². The summed E-state index contributed by atoms with van der Waals surface area (Å²) in [5.74, 6) is 0.260. The molecule has 17 heavy (non-hydrogen) atoms. The summed E-state index contributed by atoms with van der Waals surface area (Å²) < 4.78 is 5.46. The van der Waals surface area contributed by atoms with Crippen molar-refractivity contribution in [3.8, 4) is 0 Å². The summed E-state index contributed by atoms with van der Waals surface area (Å²) >= 11 is 4.88. The van der Waals surface area contributed by atoms with Gasteiger partial charge in [0.15, 0.2) is 0 Å². The molecule has 2 atom stereocenters. The number of nitrogens with two attached hydrogens (primary N) is 1. The van der Waals surface area contributed by atoms with Crippen molar-refractivity contribution >= 4 is 23.1 Å². The van der Waals surface area contributed by atoms with Gasteiger partial charge in [0.1, 0.15) is 0 Å². The number of rotatable bonds is 5. The van der Waals surface area contributed by atoms with E-state index in [2.05, 4.69) is 0 Å². The SMILES string of the molecule is CC1OCCC1C(=O)N(CCC(N)=S)C1CC1. The minimum absolute atomic E-state index is 0.0296. The molecule has 2 aliphatic rings. The van der Waals surface area contributed by atoms with Crippen LogP contribution in [0, 0.1) is 5.92 Å². The number of carbonyl (C=O) groups is 1. The molecule has 1 amide bonds. The third kappa shape index (κ3) is 3.16. The largest absolute Gasteiger partial charge is 0.393 e. The molecule has 96 valence electrons. The number of carbonyl (C=O) groups excluding carboxylic acids is 1. The van der Waals surface area contributed by atoms with E-state index in [1.165, 1.54) is 0 Å². The number of thiocarbonyl (C=S) groups is 1. The summed E-state index contributed by atoms with van der Waals surface area (Å²) in [6.07, 6.45) is 3.75. The first-order valence-corrected chi connectivity index (χ1v) is 6.71. The Hall–Kier alpha value is -0.680. The van der Waals surface area contributed by atoms with Crippen LogP contribution in [0.5, 0.6) is 0 Å². The van der Waals surface area contributed by atoms with Gasteiger partial charge in [-0.15, -0.1) is 0 Å². The van der Waals surface area contributed by atoms with E-state index in [0.717, 1.165) is 19.3 Å². The van der Waals surface area contributed by atoms with E-state index in [4.69, 9.17) is 22.7 Å². The summed E-state index contributed by atoms with van der Waals surface area (Å²) in [5, 5.41) is 0. The first kappa shape index (κ1) is 12.8. The maximum atomic E-state index is 12.4. The van der Waals surface area contributed by atoms with Crippen LogP contribution in [0.3, 0.4) is 0 Å². The highest BCUT2D eigenvalue weighted by atomic mass is 32.1. The van der Waals surface area contributed by atoms with Crippen molar-refractivity contribution in [3.05, 3.63) is 0 Å². The summed E-state index contributed by atoms with van der Waals surface area (Å²) in [5.41, 5.74) is 5.51. The van der Waals surface area contributed by atoms with E-state index in [0.29, 0.717) is 30.6 Å². The fourth-order valence-corrected chi connectivity index (χ4v) is 2.45. The lowest BCUT2D eigenvalue weighted by atomic mass is 10.0. The Morgan fingerprint density at radius 2 is 2.18 bits per heavy atom. The number of hydrogen-bond acceptors (Lipinski definition) is 3. The molecule has 0 bridgehead atoms. The average Bonchev–Trinajstić information content (AvgIpc) is 3.00. The van der Waals surface area contributed by atoms with Crippen LogP contribution >= 0.6 is 12.2 Å². The molecule has 0 aromatic heterocycles. The van der Waals surface area contributed by atoms with Crippen LogP contribution in [0.2, 0.25) is 0 Å². The van der Waals surface area contributed by atoms with Crippen LogP contribution in [0.25, 0.3) is 0 Å². The Kier molecular flexibility index (Phi) is 3.99. The van der Waals surface area contributed by atoms with Gasteiger partial charge in [-0.05, 0) is 26.2 Å². The summed E-state index contributed by atoms with van der Waals surface area (Å²) in [6, 6.07) is 0.421. The molecule has 0 spiro atoms. The zero-order chi connectivity index (χ0) is 12.4. The molecule has 1 heterocycles. The van der Waals surface area contributed by atoms with Gasteiger partial charge >= 0.3 is 0 Å². The Morgan fingerprint density at radius 1 is 1.47 bits per heavy atom. The maximum Gasteiger partial charge on any atom is 0.228 e. The lowest BCUT2D eigenvalue weighted by molar-refractivity contribution is -0.137. The second kappa shape index (κ2) is 5.31. The van der Waals surface area contributed by atoms with Gasteiger partial charge in [0.05, 0.1) is 17.0 Å². The van der Waals surface area contributed by atoms with Gasteiger partial charge in [0.2, 0.25) is 5.91 Å². The summed E-state index contributed by atoms with van der Waals surface area (Å²) in [7, 11) is 0. The highest BCUT2D eigenvalue weighted by molar-refractivity contribution is 7.80. The zero-order valence-corrected chi connectivity index (χ0v) is 11.0. The van der Waals surface area contributed by atoms with Gasteiger partial charge in [0.25, 0.3) is 0 Å². The first-order valence-electron chi connectivity index (χ1n) is 6.30. The molecule has 5 heteroatoms. The molecule has 1 aliphatic carbocycles. The van der Waals surface area contributed by atoms with Gasteiger partial charge in [-0.25, -0.2) is 0 Å². The fourth-order valence-electron chi connectivity index (χ4n) is 2.36. The van der Waals surface area contributed by atoms with Crippen LogP contribution in [-0.4, -0.2) is 41.1 Å². The van der Waals surface area contributed by atoms with E-state index >= 15 is 0 Å². The van der Waals surface area contributed by atoms with E-state index in [9.17, 15) is 4.79 Å². The quantitative estimate of drug-likeness (QED) is 0.748. The summed E-state index contributed by atoms with van der Waals surface area (Å²) in [6.45, 7) is 3.35. The number of hydrogen-bond donors (Lipinski definition) is 1. The number of amides is 1. The monoisotopic (exact) mass is 256 g/mol. The fraction of sp³-hybridized carbons (Fsp3) is 0.833. The van der Waals surface area contributed by atoms with Crippen molar-refractivity contribution < 1.29 is 9.53 Å². The zero-order valence-electron chi connectivity index (χ0n) is 10.2. The molecular weight excluding hydrogens is 236 g/mol. The van der Waals surface area contributed by atoms with Crippen LogP contribution in [0.4, 0.5) is 0 Å². The van der Waals surface area contributed by atoms with Gasteiger partial charge in [-0.2, -0.15) is 0 Å². The first-order chi connectivity index (χ1) is 8.09. The molecule has 1 saturated heterocycles. The second-order valence-electron chi connectivity index (χ2n) is 4.95. The average molecular weight is 256 g/mol. The molecular formula is C12H20N2O2S. The second-order valence-corrected chi connectivity index (χ2v) is 5.47. The van der Waals surface area contributed by atoms with Crippen LogP contribution in [0.1, 0.15) is 32.6 Å². The van der Waals surface area contributed by atoms with Crippen molar-refractivity contribution in [2.45, 2.75) is 44.8 Å². The molecule has 2 N–H and O–H groups in total. The topological polar surface area (TPSA) is 55.6 Å². The normalized spacial score (nSPS) is 28.1. The molecule has 2 unspecified atom stereocenters. The van der Waals surface area contributed by atoms with Crippen molar-refractivity contribution in [2.24, 2.45) is 11.7 Å². The van der Waals surface area contributed by atoms with Gasteiger partial charge in [0, 0.05) is 25.6 Å². The van der Waals surface area contributed by atoms with Crippen LogP contribution < -0.4 is 5.73 Å². The Balaban J connectivity index is 1.95. The van der Waals surface area contributed by atoms with Gasteiger partial charge in [-0.1, -0.05) is 12.2 Å². The molecule has 2 rings (SSSR count). The van der Waals surface area contributed by atoms with E-state index < -0.39 is 0 Å². The molecule has 1 saturated carbocycles. The Labute approximate surface area is 107 Å². The highest BCUT2D eigenvalue weighted by Crippen LogP contribution is 2.31. The van der Waals surface area contributed by atoms with E-state index in [1.807, 2.05) is 11.8 Å². The number of ether oxygens (including phenoxy) is 1. The molecule has 0 radical (unpaired) electrons. The number of nitrogens with zero attached hydrogens (tertiary/aromatic N) is 1. The van der Waals surface area contributed by atoms with Gasteiger partial charge in [-0.3, -0.25) is 4.79 Å². The van der Waals surface area contributed by atoms with Crippen LogP contribution in [0.15, 0.2) is 0 Å². The van der Waals surface area contributed by atoms with Gasteiger partial charge < -0.3 is 15.4 Å². The predicted molar refractivity (Wildman–Crippen MR) is 69.7 cm³/mol.